The molecule has 1 fully saturated rings. The summed E-state index contributed by atoms with van der Waals surface area (Å²) in [5.74, 6) is -0.262. The molecule has 0 atom stereocenters. The average molecular weight is 447 g/mol. The first-order valence-electron chi connectivity index (χ1n) is 9.05. The lowest BCUT2D eigenvalue weighted by Crippen LogP contribution is -2.48. The largest absolute Gasteiger partial charge is 0.335 e. The van der Waals surface area contributed by atoms with Gasteiger partial charge in [0, 0.05) is 50.7 Å². The van der Waals surface area contributed by atoms with E-state index in [2.05, 4.69) is 31.0 Å². The first-order chi connectivity index (χ1) is 13.6. The van der Waals surface area contributed by atoms with Gasteiger partial charge in [0.1, 0.15) is 18.2 Å². The van der Waals surface area contributed by atoms with Gasteiger partial charge in [-0.25, -0.2) is 9.07 Å². The highest BCUT2D eigenvalue weighted by atomic mass is 79.9. The minimum absolute atomic E-state index is 0.0778. The third-order valence-corrected chi connectivity index (χ3v) is 5.17. The maximum atomic E-state index is 13.8. The Kier molecular flexibility index (Phi) is 5.54. The quantitative estimate of drug-likeness (QED) is 0.603. The zero-order valence-electron chi connectivity index (χ0n) is 15.2. The van der Waals surface area contributed by atoms with E-state index < -0.39 is 0 Å². The Morgan fingerprint density at radius 3 is 2.61 bits per heavy atom. The Morgan fingerprint density at radius 1 is 1.11 bits per heavy atom. The number of piperazine rings is 1. The van der Waals surface area contributed by atoms with Gasteiger partial charge in [-0.1, -0.05) is 18.2 Å². The van der Waals surface area contributed by atoms with Crippen molar-refractivity contribution in [3.05, 3.63) is 70.5 Å². The minimum atomic E-state index is -0.184. The van der Waals surface area contributed by atoms with E-state index in [-0.39, 0.29) is 11.7 Å². The molecule has 0 radical (unpaired) electrons. The van der Waals surface area contributed by atoms with Gasteiger partial charge in [-0.15, -0.1) is 0 Å². The Hall–Kier alpha value is -2.52. The standard InChI is InChI=1S/C19H20BrFN6O/c20-16-11-22-27(13-16)14-26-6-5-18(23-26)19(28)25-9-7-24(8-10-25)12-15-3-1-2-4-17(15)21/h1-6,11,13H,7-10,12,14H2. The van der Waals surface area contributed by atoms with Crippen LogP contribution in [0.15, 0.2) is 53.4 Å². The fourth-order valence-corrected chi connectivity index (χ4v) is 3.59. The number of hydrogen-bond donors (Lipinski definition) is 0. The summed E-state index contributed by atoms with van der Waals surface area (Å²) in [6, 6.07) is 8.55. The molecule has 0 saturated carbocycles. The molecule has 3 aromatic rings. The van der Waals surface area contributed by atoms with Gasteiger partial charge in [-0.05, 0) is 28.1 Å². The lowest BCUT2D eigenvalue weighted by Gasteiger charge is -2.34. The summed E-state index contributed by atoms with van der Waals surface area (Å²) in [4.78, 5) is 16.7. The van der Waals surface area contributed by atoms with Crippen molar-refractivity contribution in [2.45, 2.75) is 13.2 Å². The highest BCUT2D eigenvalue weighted by Gasteiger charge is 2.24. The van der Waals surface area contributed by atoms with Crippen LogP contribution in [-0.4, -0.2) is 61.4 Å². The Morgan fingerprint density at radius 2 is 1.89 bits per heavy atom. The molecule has 0 unspecified atom stereocenters. The number of rotatable bonds is 5. The van der Waals surface area contributed by atoms with Gasteiger partial charge >= 0.3 is 0 Å². The topological polar surface area (TPSA) is 59.2 Å². The van der Waals surface area contributed by atoms with Gasteiger partial charge in [0.15, 0.2) is 0 Å². The van der Waals surface area contributed by atoms with Crippen LogP contribution in [-0.2, 0) is 13.2 Å². The van der Waals surface area contributed by atoms with E-state index in [9.17, 15) is 9.18 Å². The number of aromatic nitrogens is 4. The minimum Gasteiger partial charge on any atom is -0.335 e. The maximum absolute atomic E-state index is 13.8. The Bertz CT molecular complexity index is 963. The third kappa shape index (κ3) is 4.31. The molecule has 3 heterocycles. The van der Waals surface area contributed by atoms with Crippen molar-refractivity contribution in [1.82, 2.24) is 29.4 Å². The van der Waals surface area contributed by atoms with Crippen LogP contribution < -0.4 is 0 Å². The molecule has 28 heavy (non-hydrogen) atoms. The highest BCUT2D eigenvalue weighted by molar-refractivity contribution is 9.10. The predicted molar refractivity (Wildman–Crippen MR) is 105 cm³/mol. The number of amides is 1. The first-order valence-corrected chi connectivity index (χ1v) is 9.84. The molecule has 1 aromatic carbocycles. The maximum Gasteiger partial charge on any atom is 0.274 e. The van der Waals surface area contributed by atoms with Crippen molar-refractivity contribution in [3.8, 4) is 0 Å². The van der Waals surface area contributed by atoms with Crippen molar-refractivity contribution < 1.29 is 9.18 Å². The molecule has 1 aliphatic heterocycles. The monoisotopic (exact) mass is 446 g/mol. The van der Waals surface area contributed by atoms with Crippen LogP contribution in [0, 0.1) is 5.82 Å². The second-order valence-corrected chi connectivity index (χ2v) is 7.66. The zero-order valence-corrected chi connectivity index (χ0v) is 16.8. The van der Waals surface area contributed by atoms with Crippen molar-refractivity contribution in [3.63, 3.8) is 0 Å². The van der Waals surface area contributed by atoms with Gasteiger partial charge in [-0.3, -0.25) is 14.4 Å². The van der Waals surface area contributed by atoms with Gasteiger partial charge in [-0.2, -0.15) is 10.2 Å². The molecular formula is C19H20BrFN6O. The van der Waals surface area contributed by atoms with Gasteiger partial charge in [0.2, 0.25) is 0 Å². The summed E-state index contributed by atoms with van der Waals surface area (Å²) in [5.41, 5.74) is 1.11. The van der Waals surface area contributed by atoms with Crippen molar-refractivity contribution >= 4 is 21.8 Å². The molecule has 7 nitrogen and oxygen atoms in total. The van der Waals surface area contributed by atoms with Gasteiger partial charge < -0.3 is 4.90 Å². The van der Waals surface area contributed by atoms with E-state index in [1.807, 2.05) is 12.3 Å². The zero-order chi connectivity index (χ0) is 19.5. The van der Waals surface area contributed by atoms with E-state index in [0.29, 0.717) is 50.6 Å². The first kappa shape index (κ1) is 18.8. The molecule has 2 aromatic heterocycles. The predicted octanol–water partition coefficient (Wildman–Crippen LogP) is 2.45. The van der Waals surface area contributed by atoms with E-state index in [0.717, 1.165) is 4.47 Å². The lowest BCUT2D eigenvalue weighted by molar-refractivity contribution is 0.0620. The summed E-state index contributed by atoms with van der Waals surface area (Å²) < 4.78 is 18.1. The van der Waals surface area contributed by atoms with Crippen LogP contribution in [0.2, 0.25) is 0 Å². The Labute approximate surface area is 170 Å². The molecule has 0 N–H and O–H groups in total. The van der Waals surface area contributed by atoms with Crippen molar-refractivity contribution in [1.29, 1.82) is 0 Å². The summed E-state index contributed by atoms with van der Waals surface area (Å²) in [5, 5.41) is 8.56. The molecule has 0 spiro atoms. The van der Waals surface area contributed by atoms with Crippen LogP contribution in [0.5, 0.6) is 0 Å². The molecule has 1 saturated heterocycles. The van der Waals surface area contributed by atoms with Crippen LogP contribution in [0.25, 0.3) is 0 Å². The van der Waals surface area contributed by atoms with Crippen LogP contribution in [0.4, 0.5) is 4.39 Å². The molecule has 146 valence electrons. The van der Waals surface area contributed by atoms with E-state index in [1.54, 1.807) is 44.9 Å². The molecule has 4 rings (SSSR count). The molecule has 9 heteroatoms. The summed E-state index contributed by atoms with van der Waals surface area (Å²) in [7, 11) is 0. The third-order valence-electron chi connectivity index (χ3n) is 4.76. The molecule has 1 amide bonds. The highest BCUT2D eigenvalue weighted by Crippen LogP contribution is 2.13. The smallest absolute Gasteiger partial charge is 0.274 e. The summed E-state index contributed by atoms with van der Waals surface area (Å²) >= 11 is 3.36. The van der Waals surface area contributed by atoms with Crippen molar-refractivity contribution in [2.24, 2.45) is 0 Å². The number of hydrogen-bond acceptors (Lipinski definition) is 4. The van der Waals surface area contributed by atoms with Gasteiger partial charge in [0.25, 0.3) is 5.91 Å². The molecular weight excluding hydrogens is 427 g/mol. The van der Waals surface area contributed by atoms with Crippen LogP contribution >= 0.6 is 15.9 Å². The number of benzene rings is 1. The molecule has 0 aliphatic carbocycles. The van der Waals surface area contributed by atoms with Gasteiger partial charge in [0.05, 0.1) is 10.7 Å². The van der Waals surface area contributed by atoms with Crippen LogP contribution in [0.3, 0.4) is 0 Å². The normalized spacial score (nSPS) is 15.1. The fourth-order valence-electron chi connectivity index (χ4n) is 3.26. The average Bonchev–Trinajstić information content (AvgIpc) is 3.33. The SMILES string of the molecule is O=C(c1ccn(Cn2cc(Br)cn2)n1)N1CCN(Cc2ccccc2F)CC1. The summed E-state index contributed by atoms with van der Waals surface area (Å²) in [6.45, 7) is 3.63. The van der Waals surface area contributed by atoms with Crippen LogP contribution in [0.1, 0.15) is 16.1 Å². The number of halogens is 2. The number of carbonyl (C=O) groups is 1. The van der Waals surface area contributed by atoms with E-state index >= 15 is 0 Å². The second kappa shape index (κ2) is 8.24. The fraction of sp³-hybridized carbons (Fsp3) is 0.316. The number of nitrogens with zero attached hydrogens (tertiary/aromatic N) is 6. The lowest BCUT2D eigenvalue weighted by atomic mass is 10.2. The number of carbonyl (C=O) groups excluding carboxylic acids is 1. The second-order valence-electron chi connectivity index (χ2n) is 6.74. The molecule has 0 bridgehead atoms. The summed E-state index contributed by atoms with van der Waals surface area (Å²) in [6.07, 6.45) is 5.32. The Balaban J connectivity index is 1.32. The van der Waals surface area contributed by atoms with E-state index in [1.165, 1.54) is 6.07 Å². The molecule has 1 aliphatic rings. The van der Waals surface area contributed by atoms with Crippen molar-refractivity contribution in [2.75, 3.05) is 26.2 Å². The van der Waals surface area contributed by atoms with E-state index in [4.69, 9.17) is 0 Å².